The highest BCUT2D eigenvalue weighted by Crippen LogP contribution is 2.33. The topological polar surface area (TPSA) is 119 Å². The minimum Gasteiger partial charge on any atom is -0.387 e. The van der Waals surface area contributed by atoms with Crippen LogP contribution in [-0.4, -0.2) is 41.4 Å². The number of fused-ring (bicyclic) bond motifs is 1. The summed E-state index contributed by atoms with van der Waals surface area (Å²) in [4.78, 5) is 43.3. The maximum absolute atomic E-state index is 13.1. The average molecular weight is 473 g/mol. The first-order valence-corrected chi connectivity index (χ1v) is 12.3. The van der Waals surface area contributed by atoms with Crippen LogP contribution in [0.5, 0.6) is 0 Å². The molecule has 0 aromatic heterocycles. The number of amidine groups is 1. The summed E-state index contributed by atoms with van der Waals surface area (Å²) in [5, 5.41) is 0. The fourth-order valence-corrected chi connectivity index (χ4v) is 4.87. The van der Waals surface area contributed by atoms with E-state index in [4.69, 9.17) is 11.5 Å². The number of primary amides is 1. The second-order valence-corrected chi connectivity index (χ2v) is 9.34. The van der Waals surface area contributed by atoms with Gasteiger partial charge in [0.2, 0.25) is 5.91 Å². The van der Waals surface area contributed by atoms with Crippen LogP contribution >= 0.6 is 0 Å². The van der Waals surface area contributed by atoms with E-state index in [1.54, 1.807) is 6.08 Å². The average Bonchev–Trinajstić information content (AvgIpc) is 3.32. The fourth-order valence-electron chi connectivity index (χ4n) is 4.87. The summed E-state index contributed by atoms with van der Waals surface area (Å²) in [5.41, 5.74) is 16.1. The lowest BCUT2D eigenvalue weighted by atomic mass is 9.94. The third kappa shape index (κ3) is 5.67. The van der Waals surface area contributed by atoms with Gasteiger partial charge in [-0.15, -0.1) is 0 Å². The maximum atomic E-state index is 13.1. The van der Waals surface area contributed by atoms with Gasteiger partial charge in [-0.3, -0.25) is 14.4 Å². The number of nitrogens with zero attached hydrogens (tertiary/aromatic N) is 2. The Kier molecular flexibility index (Phi) is 7.44. The minimum atomic E-state index is -0.552. The lowest BCUT2D eigenvalue weighted by Gasteiger charge is -2.21. The first kappa shape index (κ1) is 24.4. The third-order valence-corrected chi connectivity index (χ3v) is 6.63. The Morgan fingerprint density at radius 3 is 2.37 bits per heavy atom. The zero-order chi connectivity index (χ0) is 24.9. The van der Waals surface area contributed by atoms with Crippen LogP contribution in [0.3, 0.4) is 0 Å². The summed E-state index contributed by atoms with van der Waals surface area (Å²) in [6.45, 7) is 2.24. The number of benzene rings is 2. The first-order valence-electron chi connectivity index (χ1n) is 12.3. The van der Waals surface area contributed by atoms with E-state index in [2.05, 4.69) is 4.99 Å². The second-order valence-electron chi connectivity index (χ2n) is 9.34. The Morgan fingerprint density at radius 1 is 1.03 bits per heavy atom. The number of rotatable bonds is 8. The van der Waals surface area contributed by atoms with Crippen molar-refractivity contribution in [3.63, 3.8) is 0 Å². The van der Waals surface area contributed by atoms with Crippen LogP contribution in [0.2, 0.25) is 0 Å². The molecule has 7 nitrogen and oxygen atoms in total. The molecule has 4 N–H and O–H groups in total. The quantitative estimate of drug-likeness (QED) is 0.559. The molecule has 1 aliphatic heterocycles. The maximum Gasteiger partial charge on any atom is 0.250 e. The van der Waals surface area contributed by atoms with E-state index in [1.807, 2.05) is 49.4 Å². The zero-order valence-corrected chi connectivity index (χ0v) is 20.1. The monoisotopic (exact) mass is 472 g/mol. The standard InChI is InChI=1S/C28H32N4O3/c1-2-13-32(17-26(30)33)28(35)23-14-22-12-11-21(15-24(22)31-25(29)16-23)18-7-9-20(10-8-18)27(34)19-5-3-4-6-19/h7-12,14-15,19H,2-6,13,16-17H2,1H3,(H2,29,31)(H2,30,33). The largest absolute Gasteiger partial charge is 0.387 e. The van der Waals surface area contributed by atoms with Crippen molar-refractivity contribution >= 4 is 35.2 Å². The van der Waals surface area contributed by atoms with E-state index in [0.29, 0.717) is 30.1 Å². The molecule has 2 aliphatic rings. The molecule has 2 aromatic carbocycles. The summed E-state index contributed by atoms with van der Waals surface area (Å²) in [6, 6.07) is 13.5. The number of ketones is 1. The van der Waals surface area contributed by atoms with Crippen LogP contribution < -0.4 is 11.5 Å². The molecule has 1 fully saturated rings. The van der Waals surface area contributed by atoms with Crippen molar-refractivity contribution in [3.8, 4) is 11.1 Å². The lowest BCUT2D eigenvalue weighted by Crippen LogP contribution is -2.40. The highest BCUT2D eigenvalue weighted by Gasteiger charge is 2.24. The van der Waals surface area contributed by atoms with Crippen LogP contribution in [0, 0.1) is 5.92 Å². The Balaban J connectivity index is 1.59. The molecule has 182 valence electrons. The van der Waals surface area contributed by atoms with Gasteiger partial charge < -0.3 is 16.4 Å². The van der Waals surface area contributed by atoms with Gasteiger partial charge in [-0.1, -0.05) is 56.2 Å². The number of carbonyl (C=O) groups excluding carboxylic acids is 3. The summed E-state index contributed by atoms with van der Waals surface area (Å²) in [7, 11) is 0. The zero-order valence-electron chi connectivity index (χ0n) is 20.1. The molecular weight excluding hydrogens is 440 g/mol. The molecule has 0 spiro atoms. The van der Waals surface area contributed by atoms with Crippen LogP contribution in [0.15, 0.2) is 53.0 Å². The first-order chi connectivity index (χ1) is 16.9. The number of carbonyl (C=O) groups is 3. The van der Waals surface area contributed by atoms with Crippen LogP contribution in [0.4, 0.5) is 5.69 Å². The highest BCUT2D eigenvalue weighted by atomic mass is 16.2. The molecule has 1 heterocycles. The summed E-state index contributed by atoms with van der Waals surface area (Å²) >= 11 is 0. The number of nitrogens with two attached hydrogens (primary N) is 2. The molecule has 1 aliphatic carbocycles. The van der Waals surface area contributed by atoms with Crippen molar-refractivity contribution in [2.45, 2.75) is 45.4 Å². The summed E-state index contributed by atoms with van der Waals surface area (Å²) < 4.78 is 0. The Bertz CT molecular complexity index is 1190. The van der Waals surface area contributed by atoms with Gasteiger partial charge in [0.1, 0.15) is 5.84 Å². The normalized spacial score (nSPS) is 15.6. The van der Waals surface area contributed by atoms with E-state index in [1.165, 1.54) is 4.90 Å². The predicted molar refractivity (Wildman–Crippen MR) is 138 cm³/mol. The molecule has 2 amide bonds. The Hall–Kier alpha value is -3.74. The van der Waals surface area contributed by atoms with Crippen molar-refractivity contribution in [1.29, 1.82) is 0 Å². The molecule has 0 unspecified atom stereocenters. The van der Waals surface area contributed by atoms with E-state index >= 15 is 0 Å². The Morgan fingerprint density at radius 2 is 1.71 bits per heavy atom. The van der Waals surface area contributed by atoms with Crippen LogP contribution in [-0.2, 0) is 9.59 Å². The SMILES string of the molecule is CCCN(CC(N)=O)C(=O)C1=Cc2ccc(-c3ccc(C(=O)C4CCCC4)cc3)cc2N=C(N)C1. The molecule has 35 heavy (non-hydrogen) atoms. The number of Topliss-reactive ketones (excluding diaryl/α,β-unsaturated/α-hetero) is 1. The van der Waals surface area contributed by atoms with Crippen molar-refractivity contribution in [2.75, 3.05) is 13.1 Å². The lowest BCUT2D eigenvalue weighted by molar-refractivity contribution is -0.132. The molecule has 1 saturated carbocycles. The second kappa shape index (κ2) is 10.7. The van der Waals surface area contributed by atoms with E-state index in [9.17, 15) is 14.4 Å². The number of aliphatic imine (C=N–C) groups is 1. The minimum absolute atomic E-state index is 0.133. The smallest absolute Gasteiger partial charge is 0.250 e. The molecule has 0 atom stereocenters. The van der Waals surface area contributed by atoms with Gasteiger partial charge in [-0.25, -0.2) is 4.99 Å². The molecule has 4 rings (SSSR count). The van der Waals surface area contributed by atoms with Gasteiger partial charge in [-0.2, -0.15) is 0 Å². The predicted octanol–water partition coefficient (Wildman–Crippen LogP) is 4.23. The number of amides is 2. The molecule has 0 radical (unpaired) electrons. The summed E-state index contributed by atoms with van der Waals surface area (Å²) in [5.74, 6) is -0.0878. The van der Waals surface area contributed by atoms with Crippen molar-refractivity contribution in [1.82, 2.24) is 4.90 Å². The van der Waals surface area contributed by atoms with Gasteiger partial charge >= 0.3 is 0 Å². The number of hydrogen-bond acceptors (Lipinski definition) is 5. The van der Waals surface area contributed by atoms with Crippen LogP contribution in [0.25, 0.3) is 17.2 Å². The van der Waals surface area contributed by atoms with E-state index in [0.717, 1.165) is 47.9 Å². The highest BCUT2D eigenvalue weighted by molar-refractivity contribution is 6.06. The van der Waals surface area contributed by atoms with Crippen LogP contribution in [0.1, 0.15) is 61.4 Å². The van der Waals surface area contributed by atoms with Gasteiger partial charge in [-0.05, 0) is 42.5 Å². The fraction of sp³-hybridized carbons (Fsp3) is 0.357. The van der Waals surface area contributed by atoms with Gasteiger partial charge in [0, 0.05) is 35.6 Å². The van der Waals surface area contributed by atoms with Gasteiger partial charge in [0.25, 0.3) is 5.91 Å². The van der Waals surface area contributed by atoms with Gasteiger partial charge in [0.15, 0.2) is 5.78 Å². The van der Waals surface area contributed by atoms with E-state index in [-0.39, 0.29) is 30.6 Å². The molecule has 0 bridgehead atoms. The van der Waals surface area contributed by atoms with Crippen molar-refractivity contribution in [3.05, 3.63) is 59.2 Å². The van der Waals surface area contributed by atoms with Crippen molar-refractivity contribution in [2.24, 2.45) is 22.4 Å². The van der Waals surface area contributed by atoms with E-state index < -0.39 is 5.91 Å². The molecule has 7 heteroatoms. The van der Waals surface area contributed by atoms with Crippen molar-refractivity contribution < 1.29 is 14.4 Å². The molecule has 0 saturated heterocycles. The third-order valence-electron chi connectivity index (χ3n) is 6.63. The molecular formula is C28H32N4O3. The summed E-state index contributed by atoms with van der Waals surface area (Å²) in [6.07, 6.45) is 6.94. The van der Waals surface area contributed by atoms with Gasteiger partial charge in [0.05, 0.1) is 12.2 Å². The molecule has 2 aromatic rings. The number of hydrogen-bond donors (Lipinski definition) is 2. The Labute approximate surface area is 205 Å².